The van der Waals surface area contributed by atoms with Crippen molar-refractivity contribution in [3.63, 3.8) is 0 Å². The van der Waals surface area contributed by atoms with Gasteiger partial charge >= 0.3 is 12.2 Å². The quantitative estimate of drug-likeness (QED) is 0.320. The number of thiophene rings is 1. The number of benzene rings is 2. The second kappa shape index (κ2) is 12.8. The van der Waals surface area contributed by atoms with Crippen LogP contribution in [-0.4, -0.2) is 74.2 Å². The normalized spacial score (nSPS) is 18.1. The Morgan fingerprint density at radius 2 is 1.88 bits per heavy atom. The Labute approximate surface area is 251 Å². The van der Waals surface area contributed by atoms with E-state index in [-0.39, 0.29) is 46.6 Å². The van der Waals surface area contributed by atoms with E-state index in [1.54, 1.807) is 25.3 Å². The van der Waals surface area contributed by atoms with Crippen LogP contribution in [0.1, 0.15) is 29.8 Å². The number of carbonyl (C=O) groups is 2. The van der Waals surface area contributed by atoms with E-state index >= 15 is 0 Å². The molecule has 0 unspecified atom stereocenters. The van der Waals surface area contributed by atoms with E-state index in [0.717, 1.165) is 35.6 Å². The third-order valence-electron chi connectivity index (χ3n) is 6.96. The molecular formula is C28H31F3N4O6S2. The summed E-state index contributed by atoms with van der Waals surface area (Å²) in [5, 5.41) is 14.0. The van der Waals surface area contributed by atoms with Gasteiger partial charge in [0.25, 0.3) is 15.9 Å². The Kier molecular flexibility index (Phi) is 9.57. The molecule has 3 aromatic rings. The zero-order valence-electron chi connectivity index (χ0n) is 23.5. The maximum Gasteiger partial charge on any atom is 0.416 e. The number of likely N-dealkylation sites (N-methyl/N-ethyl adjacent to an activating group) is 1. The molecule has 43 heavy (non-hydrogen) atoms. The molecule has 4 rings (SSSR count). The van der Waals surface area contributed by atoms with Gasteiger partial charge in [-0.05, 0) is 54.8 Å². The summed E-state index contributed by atoms with van der Waals surface area (Å²) in [7, 11) is -2.54. The Morgan fingerprint density at radius 1 is 1.19 bits per heavy atom. The molecule has 3 amide bonds. The van der Waals surface area contributed by atoms with Gasteiger partial charge in [0.05, 0.1) is 36.0 Å². The van der Waals surface area contributed by atoms with Crippen LogP contribution >= 0.6 is 11.3 Å². The molecule has 3 atom stereocenters. The molecule has 15 heteroatoms. The minimum atomic E-state index is -4.51. The first kappa shape index (κ1) is 32.1. The molecule has 3 N–H and O–H groups in total. The Hall–Kier alpha value is -3.82. The molecular weight excluding hydrogens is 609 g/mol. The standard InChI is InChI=1S/C28H31F3N4O6S2/c1-17-14-35(18(2)16-36)26(37)21-6-4-7-22(33-43(39,40)24-8-5-13-42-24)25(21)41-23(17)15-34(3)27(38)32-20-11-9-19(10-12-20)28(29,30)31/h4-13,17-18,23,33,36H,14-16H2,1-3H3,(H,32,38)/t17-,18+,23-/m1/s1. The number of aliphatic hydroxyl groups excluding tert-OH is 1. The summed E-state index contributed by atoms with van der Waals surface area (Å²) in [6.45, 7) is 3.27. The number of rotatable bonds is 8. The van der Waals surface area contributed by atoms with Crippen LogP contribution in [0.25, 0.3) is 0 Å². The molecule has 1 aliphatic rings. The van der Waals surface area contributed by atoms with Gasteiger partial charge in [-0.1, -0.05) is 19.1 Å². The van der Waals surface area contributed by atoms with Crippen molar-refractivity contribution in [3.8, 4) is 5.75 Å². The van der Waals surface area contributed by atoms with Gasteiger partial charge in [0.1, 0.15) is 10.3 Å². The number of sulfonamides is 1. The molecule has 1 aliphatic heterocycles. The van der Waals surface area contributed by atoms with Crippen LogP contribution in [0.5, 0.6) is 5.75 Å². The molecule has 1 aromatic heterocycles. The molecule has 2 heterocycles. The van der Waals surface area contributed by atoms with Crippen LogP contribution in [0.15, 0.2) is 64.2 Å². The van der Waals surface area contributed by atoms with Crippen molar-refractivity contribution >= 4 is 44.7 Å². The van der Waals surface area contributed by atoms with Gasteiger partial charge in [0.15, 0.2) is 5.75 Å². The second-order valence-electron chi connectivity index (χ2n) is 10.2. The molecule has 10 nitrogen and oxygen atoms in total. The average Bonchev–Trinajstić information content (AvgIpc) is 3.51. The molecule has 0 aliphatic carbocycles. The third-order valence-corrected chi connectivity index (χ3v) is 9.72. The molecule has 0 bridgehead atoms. The van der Waals surface area contributed by atoms with Crippen molar-refractivity contribution in [2.75, 3.05) is 36.8 Å². The average molecular weight is 641 g/mol. The maximum absolute atomic E-state index is 13.6. The van der Waals surface area contributed by atoms with Crippen LogP contribution in [0.3, 0.4) is 0 Å². The number of alkyl halides is 3. The summed E-state index contributed by atoms with van der Waals surface area (Å²) in [6.07, 6.45) is -5.28. The number of anilines is 2. The lowest BCUT2D eigenvalue weighted by atomic mass is 9.99. The van der Waals surface area contributed by atoms with Crippen LogP contribution in [-0.2, 0) is 16.2 Å². The summed E-state index contributed by atoms with van der Waals surface area (Å²) in [5.74, 6) is -0.905. The lowest BCUT2D eigenvalue weighted by Gasteiger charge is -2.38. The van der Waals surface area contributed by atoms with E-state index in [4.69, 9.17) is 4.74 Å². The van der Waals surface area contributed by atoms with Crippen molar-refractivity contribution in [1.29, 1.82) is 0 Å². The number of ether oxygens (including phenoxy) is 1. The highest BCUT2D eigenvalue weighted by Crippen LogP contribution is 2.36. The number of fused-ring (bicyclic) bond motifs is 1. The molecule has 0 saturated heterocycles. The topological polar surface area (TPSA) is 128 Å². The first-order valence-electron chi connectivity index (χ1n) is 13.2. The number of halogens is 3. The van der Waals surface area contributed by atoms with Crippen molar-refractivity contribution in [3.05, 3.63) is 71.1 Å². The van der Waals surface area contributed by atoms with Crippen molar-refractivity contribution in [2.45, 2.75) is 36.4 Å². The predicted molar refractivity (Wildman–Crippen MR) is 156 cm³/mol. The monoisotopic (exact) mass is 640 g/mol. The van der Waals surface area contributed by atoms with Crippen molar-refractivity contribution < 1.29 is 41.0 Å². The number of urea groups is 1. The maximum atomic E-state index is 13.6. The number of aliphatic hydroxyl groups is 1. The lowest BCUT2D eigenvalue weighted by molar-refractivity contribution is -0.137. The van der Waals surface area contributed by atoms with E-state index in [0.29, 0.717) is 0 Å². The number of para-hydroxylation sites is 1. The fraction of sp³-hybridized carbons (Fsp3) is 0.357. The number of carbonyl (C=O) groups excluding carboxylic acids is 2. The van der Waals surface area contributed by atoms with E-state index in [1.807, 2.05) is 0 Å². The first-order chi connectivity index (χ1) is 20.2. The van der Waals surface area contributed by atoms with Crippen molar-refractivity contribution in [1.82, 2.24) is 9.80 Å². The van der Waals surface area contributed by atoms with E-state index in [2.05, 4.69) is 10.0 Å². The van der Waals surface area contributed by atoms with Crippen molar-refractivity contribution in [2.24, 2.45) is 5.92 Å². The predicted octanol–water partition coefficient (Wildman–Crippen LogP) is 4.95. The van der Waals surface area contributed by atoms with Gasteiger partial charge in [0.2, 0.25) is 0 Å². The Balaban J connectivity index is 1.63. The smallest absolute Gasteiger partial charge is 0.416 e. The summed E-state index contributed by atoms with van der Waals surface area (Å²) < 4.78 is 73.7. The molecule has 0 fully saturated rings. The van der Waals surface area contributed by atoms with Gasteiger partial charge in [-0.15, -0.1) is 11.3 Å². The molecule has 0 saturated carbocycles. The summed E-state index contributed by atoms with van der Waals surface area (Å²) >= 11 is 1.02. The zero-order valence-corrected chi connectivity index (χ0v) is 25.1. The van der Waals surface area contributed by atoms with Gasteiger partial charge in [-0.25, -0.2) is 13.2 Å². The number of nitrogens with zero attached hydrogens (tertiary/aromatic N) is 2. The lowest BCUT2D eigenvalue weighted by Crippen LogP contribution is -2.50. The number of nitrogens with one attached hydrogen (secondary N) is 2. The molecule has 232 valence electrons. The Bertz CT molecular complexity index is 1550. The van der Waals surface area contributed by atoms with E-state index < -0.39 is 51.8 Å². The van der Waals surface area contributed by atoms with Crippen LogP contribution < -0.4 is 14.8 Å². The molecule has 2 aromatic carbocycles. The van der Waals surface area contributed by atoms with Crippen LogP contribution in [0, 0.1) is 5.92 Å². The largest absolute Gasteiger partial charge is 0.485 e. The minimum absolute atomic E-state index is 0.0202. The highest BCUT2D eigenvalue weighted by molar-refractivity contribution is 7.94. The fourth-order valence-corrected chi connectivity index (χ4v) is 6.52. The van der Waals surface area contributed by atoms with E-state index in [9.17, 15) is 36.3 Å². The summed E-state index contributed by atoms with van der Waals surface area (Å²) in [4.78, 5) is 29.4. The Morgan fingerprint density at radius 3 is 2.49 bits per heavy atom. The minimum Gasteiger partial charge on any atom is -0.485 e. The molecule has 0 radical (unpaired) electrons. The van der Waals surface area contributed by atoms with Gasteiger partial charge < -0.3 is 25.0 Å². The summed E-state index contributed by atoms with van der Waals surface area (Å²) in [5.41, 5.74) is -0.608. The fourth-order valence-electron chi connectivity index (χ4n) is 4.47. The number of hydrogen-bond donors (Lipinski definition) is 3. The second-order valence-corrected chi connectivity index (χ2v) is 13.1. The molecule has 0 spiro atoms. The van der Waals surface area contributed by atoms with E-state index in [1.165, 1.54) is 41.1 Å². The van der Waals surface area contributed by atoms with Gasteiger partial charge in [-0.3, -0.25) is 9.52 Å². The zero-order chi connectivity index (χ0) is 31.5. The third kappa shape index (κ3) is 7.40. The number of amides is 3. The highest BCUT2D eigenvalue weighted by Gasteiger charge is 2.36. The van der Waals surface area contributed by atoms with Crippen LogP contribution in [0.4, 0.5) is 29.3 Å². The van der Waals surface area contributed by atoms with Gasteiger partial charge in [-0.2, -0.15) is 13.2 Å². The van der Waals surface area contributed by atoms with Crippen LogP contribution in [0.2, 0.25) is 0 Å². The highest BCUT2D eigenvalue weighted by atomic mass is 32.2. The number of hydrogen-bond acceptors (Lipinski definition) is 7. The first-order valence-corrected chi connectivity index (χ1v) is 15.5. The summed E-state index contributed by atoms with van der Waals surface area (Å²) in [6, 6.07) is 10.3. The van der Waals surface area contributed by atoms with Gasteiger partial charge in [0, 0.05) is 25.2 Å². The SMILES string of the molecule is C[C@@H]1CN([C@@H](C)CO)C(=O)c2cccc(NS(=O)(=O)c3cccs3)c2O[C@@H]1CN(C)C(=O)Nc1ccc(C(F)(F)F)cc1.